The fourth-order valence-electron chi connectivity index (χ4n) is 2.08. The van der Waals surface area contributed by atoms with Gasteiger partial charge in [-0.25, -0.2) is 0 Å². The minimum atomic E-state index is -0.382. The van der Waals surface area contributed by atoms with Crippen LogP contribution in [0.4, 0.5) is 5.69 Å². The molecule has 0 spiro atoms. The highest BCUT2D eigenvalue weighted by atomic mass is 16.2. The second-order valence-electron chi connectivity index (χ2n) is 5.23. The van der Waals surface area contributed by atoms with Crippen molar-refractivity contribution in [3.63, 3.8) is 0 Å². The first-order valence-electron chi connectivity index (χ1n) is 7.55. The van der Waals surface area contributed by atoms with Crippen LogP contribution in [-0.4, -0.2) is 11.8 Å². The van der Waals surface area contributed by atoms with Crippen molar-refractivity contribution in [2.75, 3.05) is 5.32 Å². The Balaban J connectivity index is 1.86. The zero-order valence-electron chi connectivity index (χ0n) is 12.9. The van der Waals surface area contributed by atoms with Gasteiger partial charge in [0.25, 0.3) is 0 Å². The van der Waals surface area contributed by atoms with Gasteiger partial charge in [0, 0.05) is 18.5 Å². The zero-order chi connectivity index (χ0) is 16.5. The molecule has 118 valence electrons. The van der Waals surface area contributed by atoms with Crippen LogP contribution >= 0.6 is 0 Å². The molecule has 0 unspecified atom stereocenters. The number of hydrogen-bond acceptors (Lipinski definition) is 2. The molecule has 2 amide bonds. The topological polar surface area (TPSA) is 72.2 Å². The molecule has 4 heteroatoms. The molecule has 0 bridgehead atoms. The first-order chi connectivity index (χ1) is 11.1. The van der Waals surface area contributed by atoms with Crippen LogP contribution < -0.4 is 11.1 Å². The molecule has 2 rings (SSSR count). The number of carbonyl (C=O) groups is 2. The van der Waals surface area contributed by atoms with Gasteiger partial charge in [-0.1, -0.05) is 54.6 Å². The smallest absolute Gasteiger partial charge is 0.224 e. The second-order valence-corrected chi connectivity index (χ2v) is 5.23. The number of carbonyl (C=O) groups excluding carboxylic acids is 2. The molecule has 0 aliphatic rings. The fraction of sp³-hybridized carbons (Fsp3) is 0.158. The third kappa shape index (κ3) is 6.18. The highest BCUT2D eigenvalue weighted by Crippen LogP contribution is 2.13. The Labute approximate surface area is 136 Å². The van der Waals surface area contributed by atoms with Gasteiger partial charge in [-0.3, -0.25) is 9.59 Å². The maximum absolute atomic E-state index is 11.7. The Morgan fingerprint density at radius 1 is 0.870 bits per heavy atom. The van der Waals surface area contributed by atoms with Gasteiger partial charge in [-0.15, -0.1) is 0 Å². The van der Waals surface area contributed by atoms with E-state index in [1.807, 2.05) is 66.7 Å². The van der Waals surface area contributed by atoms with Gasteiger partial charge < -0.3 is 11.1 Å². The average Bonchev–Trinajstić information content (AvgIpc) is 2.55. The number of anilines is 1. The number of nitrogens with one attached hydrogen (secondary N) is 1. The molecule has 0 aliphatic carbocycles. The molecule has 0 saturated carbocycles. The fourth-order valence-corrected chi connectivity index (χ4v) is 2.08. The summed E-state index contributed by atoms with van der Waals surface area (Å²) in [5, 5.41) is 2.80. The Hall–Kier alpha value is -2.88. The lowest BCUT2D eigenvalue weighted by Gasteiger charge is -2.05. The highest BCUT2D eigenvalue weighted by molar-refractivity contribution is 5.91. The quantitative estimate of drug-likeness (QED) is 0.769. The van der Waals surface area contributed by atoms with Gasteiger partial charge in [0.1, 0.15) is 0 Å². The van der Waals surface area contributed by atoms with E-state index in [9.17, 15) is 9.59 Å². The van der Waals surface area contributed by atoms with E-state index in [0.717, 1.165) is 16.8 Å². The van der Waals surface area contributed by atoms with E-state index in [-0.39, 0.29) is 18.2 Å². The van der Waals surface area contributed by atoms with E-state index in [4.69, 9.17) is 5.73 Å². The van der Waals surface area contributed by atoms with Crippen LogP contribution in [0.2, 0.25) is 0 Å². The van der Waals surface area contributed by atoms with Gasteiger partial charge in [-0.2, -0.15) is 0 Å². The maximum atomic E-state index is 11.7. The second kappa shape index (κ2) is 8.54. The monoisotopic (exact) mass is 308 g/mol. The third-order valence-electron chi connectivity index (χ3n) is 3.29. The molecule has 0 aromatic heterocycles. The number of nitrogens with two attached hydrogens (primary N) is 1. The molecule has 23 heavy (non-hydrogen) atoms. The van der Waals surface area contributed by atoms with Crippen LogP contribution in [0, 0.1) is 0 Å². The molecule has 0 fully saturated rings. The first-order valence-corrected chi connectivity index (χ1v) is 7.55. The summed E-state index contributed by atoms with van der Waals surface area (Å²) < 4.78 is 0. The summed E-state index contributed by atoms with van der Waals surface area (Å²) in [6.45, 7) is 0. The maximum Gasteiger partial charge on any atom is 0.224 e. The van der Waals surface area contributed by atoms with E-state index < -0.39 is 0 Å². The van der Waals surface area contributed by atoms with E-state index in [0.29, 0.717) is 12.8 Å². The molecule has 4 nitrogen and oxygen atoms in total. The summed E-state index contributed by atoms with van der Waals surface area (Å²) in [5.74, 6) is -0.494. The standard InChI is InChI=1S/C19H20N2O2/c20-18(22)7-4-8-19(23)21-17-13-11-16(12-14-17)10-9-15-5-2-1-3-6-15/h1-3,5-6,9-14H,4,7-8H2,(H2,20,22)(H,21,23)/b10-9+. The van der Waals surface area contributed by atoms with Crippen molar-refractivity contribution in [1.29, 1.82) is 0 Å². The van der Waals surface area contributed by atoms with Crippen molar-refractivity contribution in [3.05, 3.63) is 65.7 Å². The first kappa shape index (κ1) is 16.5. The van der Waals surface area contributed by atoms with Crippen LogP contribution in [0.3, 0.4) is 0 Å². The van der Waals surface area contributed by atoms with Crippen molar-refractivity contribution in [2.45, 2.75) is 19.3 Å². The molecule has 2 aromatic carbocycles. The van der Waals surface area contributed by atoms with Crippen molar-refractivity contribution in [2.24, 2.45) is 5.73 Å². The van der Waals surface area contributed by atoms with Gasteiger partial charge in [0.15, 0.2) is 0 Å². The Morgan fingerprint density at radius 2 is 1.48 bits per heavy atom. The summed E-state index contributed by atoms with van der Waals surface area (Å²) in [5.41, 5.74) is 7.98. The van der Waals surface area contributed by atoms with Crippen LogP contribution in [0.25, 0.3) is 12.2 Å². The van der Waals surface area contributed by atoms with Crippen LogP contribution in [0.1, 0.15) is 30.4 Å². The lowest BCUT2D eigenvalue weighted by molar-refractivity contribution is -0.118. The largest absolute Gasteiger partial charge is 0.370 e. The SMILES string of the molecule is NC(=O)CCCC(=O)Nc1ccc(/C=C/c2ccccc2)cc1. The molecule has 0 atom stereocenters. The molecular weight excluding hydrogens is 288 g/mol. The zero-order valence-corrected chi connectivity index (χ0v) is 12.9. The van der Waals surface area contributed by atoms with Crippen LogP contribution in [0.15, 0.2) is 54.6 Å². The minimum Gasteiger partial charge on any atom is -0.370 e. The van der Waals surface area contributed by atoms with Crippen LogP contribution in [0.5, 0.6) is 0 Å². The van der Waals surface area contributed by atoms with E-state index in [2.05, 4.69) is 5.32 Å². The van der Waals surface area contributed by atoms with Crippen molar-refractivity contribution in [3.8, 4) is 0 Å². The van der Waals surface area contributed by atoms with E-state index in [1.165, 1.54) is 0 Å². The van der Waals surface area contributed by atoms with E-state index >= 15 is 0 Å². The summed E-state index contributed by atoms with van der Waals surface area (Å²) >= 11 is 0. The number of benzene rings is 2. The summed E-state index contributed by atoms with van der Waals surface area (Å²) in [7, 11) is 0. The highest BCUT2D eigenvalue weighted by Gasteiger charge is 2.03. The van der Waals surface area contributed by atoms with E-state index in [1.54, 1.807) is 0 Å². The molecule has 2 aromatic rings. The Bertz CT molecular complexity index is 676. The minimum absolute atomic E-state index is 0.112. The average molecular weight is 308 g/mol. The lowest BCUT2D eigenvalue weighted by Crippen LogP contribution is -2.14. The summed E-state index contributed by atoms with van der Waals surface area (Å²) in [6, 6.07) is 17.7. The Kier molecular flexibility index (Phi) is 6.12. The predicted molar refractivity (Wildman–Crippen MR) is 93.5 cm³/mol. The normalized spacial score (nSPS) is 10.6. The van der Waals surface area contributed by atoms with Crippen molar-refractivity contribution < 1.29 is 9.59 Å². The molecular formula is C19H20N2O2. The molecule has 0 saturated heterocycles. The summed E-state index contributed by atoms with van der Waals surface area (Å²) in [4.78, 5) is 22.3. The third-order valence-corrected chi connectivity index (χ3v) is 3.29. The number of amides is 2. The van der Waals surface area contributed by atoms with Gasteiger partial charge in [-0.05, 0) is 29.7 Å². The molecule has 0 radical (unpaired) electrons. The number of hydrogen-bond donors (Lipinski definition) is 2. The van der Waals surface area contributed by atoms with Gasteiger partial charge >= 0.3 is 0 Å². The van der Waals surface area contributed by atoms with Gasteiger partial charge in [0.05, 0.1) is 0 Å². The van der Waals surface area contributed by atoms with Crippen molar-refractivity contribution >= 4 is 29.7 Å². The lowest BCUT2D eigenvalue weighted by atomic mass is 10.1. The molecule has 0 heterocycles. The number of rotatable bonds is 7. The summed E-state index contributed by atoms with van der Waals surface area (Å²) in [6.07, 6.45) is 5.06. The Morgan fingerprint density at radius 3 is 2.09 bits per heavy atom. The predicted octanol–water partition coefficient (Wildman–Crippen LogP) is 3.45. The van der Waals surface area contributed by atoms with Gasteiger partial charge in [0.2, 0.25) is 11.8 Å². The van der Waals surface area contributed by atoms with Crippen molar-refractivity contribution in [1.82, 2.24) is 0 Å². The van der Waals surface area contributed by atoms with Crippen LogP contribution in [-0.2, 0) is 9.59 Å². The molecule has 0 aliphatic heterocycles. The number of primary amides is 1. The molecule has 3 N–H and O–H groups in total.